The second-order valence-corrected chi connectivity index (χ2v) is 7.91. The molecule has 4 rings (SSSR count). The number of anilines is 1. The van der Waals surface area contributed by atoms with E-state index in [2.05, 4.69) is 16.0 Å². The van der Waals surface area contributed by atoms with Crippen LogP contribution in [0.25, 0.3) is 0 Å². The van der Waals surface area contributed by atoms with Crippen LogP contribution in [0.5, 0.6) is 0 Å². The van der Waals surface area contributed by atoms with Crippen molar-refractivity contribution in [2.45, 2.75) is 32.1 Å². The van der Waals surface area contributed by atoms with Crippen LogP contribution in [0.15, 0.2) is 30.1 Å². The summed E-state index contributed by atoms with van der Waals surface area (Å²) in [5.41, 5.74) is 1.22. The molecule has 3 heterocycles. The first-order valence-electron chi connectivity index (χ1n) is 10.7. The Morgan fingerprint density at radius 1 is 0.935 bits per heavy atom. The number of allylic oxidation sites excluding steroid dienone is 1. The van der Waals surface area contributed by atoms with Crippen LogP contribution in [-0.4, -0.2) is 87.7 Å². The van der Waals surface area contributed by atoms with E-state index in [-0.39, 0.29) is 12.5 Å². The number of amides is 5. The molecule has 10 heteroatoms. The Balaban J connectivity index is 1.30. The highest BCUT2D eigenvalue weighted by molar-refractivity contribution is 6.45. The van der Waals surface area contributed by atoms with E-state index >= 15 is 0 Å². The average molecular weight is 426 g/mol. The molecule has 0 N–H and O–H groups in total. The average Bonchev–Trinajstić information content (AvgIpc) is 3.02. The zero-order chi connectivity index (χ0) is 21.8. The molecule has 3 aliphatic rings. The number of urea groups is 1. The molecular formula is C21H26N6O4. The van der Waals surface area contributed by atoms with Crippen LogP contribution in [0.1, 0.15) is 32.1 Å². The number of imide groups is 2. The minimum atomic E-state index is -0.924. The van der Waals surface area contributed by atoms with E-state index in [0.29, 0.717) is 38.5 Å². The van der Waals surface area contributed by atoms with E-state index in [4.69, 9.17) is 0 Å². The predicted molar refractivity (Wildman–Crippen MR) is 111 cm³/mol. The van der Waals surface area contributed by atoms with E-state index in [9.17, 15) is 19.2 Å². The molecule has 1 aromatic heterocycles. The van der Waals surface area contributed by atoms with Crippen LogP contribution in [-0.2, 0) is 14.4 Å². The Morgan fingerprint density at radius 2 is 1.65 bits per heavy atom. The Hall–Kier alpha value is -3.30. The largest absolute Gasteiger partial charge is 0.338 e. The highest BCUT2D eigenvalue weighted by Gasteiger charge is 2.45. The number of hydrogen-bond acceptors (Lipinski definition) is 7. The summed E-state index contributed by atoms with van der Waals surface area (Å²) in [6.07, 6.45) is 10.3. The molecule has 0 bridgehead atoms. The van der Waals surface area contributed by atoms with Gasteiger partial charge in [-0.1, -0.05) is 11.6 Å². The number of aromatic nitrogens is 2. The summed E-state index contributed by atoms with van der Waals surface area (Å²) in [7, 11) is 0. The number of carbonyl (C=O) groups excluding carboxylic acids is 4. The van der Waals surface area contributed by atoms with E-state index < -0.39 is 24.4 Å². The minimum absolute atomic E-state index is 0.176. The van der Waals surface area contributed by atoms with Crippen molar-refractivity contribution in [2.75, 3.05) is 44.2 Å². The molecule has 164 valence electrons. The van der Waals surface area contributed by atoms with Crippen molar-refractivity contribution in [3.63, 3.8) is 0 Å². The van der Waals surface area contributed by atoms with Gasteiger partial charge in [0, 0.05) is 45.1 Å². The molecule has 2 aliphatic heterocycles. The lowest BCUT2D eigenvalue weighted by Gasteiger charge is -2.35. The first-order chi connectivity index (χ1) is 15.0. The van der Waals surface area contributed by atoms with Crippen LogP contribution in [0.2, 0.25) is 0 Å². The van der Waals surface area contributed by atoms with Gasteiger partial charge in [-0.25, -0.2) is 19.7 Å². The van der Waals surface area contributed by atoms with Gasteiger partial charge in [0.2, 0.25) is 11.9 Å². The molecular weight excluding hydrogens is 400 g/mol. The summed E-state index contributed by atoms with van der Waals surface area (Å²) in [6.45, 7) is 1.73. The number of rotatable bonds is 6. The molecule has 31 heavy (non-hydrogen) atoms. The van der Waals surface area contributed by atoms with Gasteiger partial charge in [0.05, 0.1) is 0 Å². The summed E-state index contributed by atoms with van der Waals surface area (Å²) < 4.78 is 0. The molecule has 0 aromatic carbocycles. The summed E-state index contributed by atoms with van der Waals surface area (Å²) in [6, 6.07) is 1.04. The normalized spacial score (nSPS) is 19.9. The van der Waals surface area contributed by atoms with Gasteiger partial charge in [0.25, 0.3) is 0 Å². The third kappa shape index (κ3) is 4.57. The lowest BCUT2D eigenvalue weighted by Crippen LogP contribution is -2.52. The standard InChI is InChI=1S/C21H26N6O4/c28-17(24-11-13-25(14-12-24)20-22-8-4-9-23-20)15-27-19(30)18(29)26(21(27)31)10-7-16-5-2-1-3-6-16/h4-5,8-9H,1-3,6-7,10-15H2. The van der Waals surface area contributed by atoms with Crippen LogP contribution < -0.4 is 4.90 Å². The van der Waals surface area contributed by atoms with Gasteiger partial charge >= 0.3 is 17.8 Å². The first kappa shape index (κ1) is 21.0. The Kier molecular flexibility index (Phi) is 6.24. The fraction of sp³-hybridized carbons (Fsp3) is 0.524. The van der Waals surface area contributed by atoms with E-state index in [1.165, 1.54) is 5.57 Å². The molecule has 5 amide bonds. The molecule has 1 aliphatic carbocycles. The SMILES string of the molecule is O=C(CN1C(=O)C(=O)N(CCC2=CCCCC2)C1=O)N1CCN(c2ncccn2)CC1. The highest BCUT2D eigenvalue weighted by atomic mass is 16.2. The predicted octanol–water partition coefficient (Wildman–Crippen LogP) is 0.806. The summed E-state index contributed by atoms with van der Waals surface area (Å²) in [5, 5.41) is 0. The van der Waals surface area contributed by atoms with Gasteiger partial charge in [-0.3, -0.25) is 19.3 Å². The third-order valence-electron chi connectivity index (χ3n) is 5.94. The Morgan fingerprint density at radius 3 is 2.32 bits per heavy atom. The van der Waals surface area contributed by atoms with E-state index in [0.717, 1.165) is 35.5 Å². The second kappa shape index (κ2) is 9.23. The number of nitrogens with zero attached hydrogens (tertiary/aromatic N) is 6. The topological polar surface area (TPSA) is 107 Å². The molecule has 0 saturated carbocycles. The molecule has 10 nitrogen and oxygen atoms in total. The summed E-state index contributed by atoms with van der Waals surface area (Å²) in [5.74, 6) is -1.51. The van der Waals surface area contributed by atoms with Crippen LogP contribution in [0.3, 0.4) is 0 Å². The first-order valence-corrected chi connectivity index (χ1v) is 10.7. The lowest BCUT2D eigenvalue weighted by molar-refractivity contribution is -0.145. The summed E-state index contributed by atoms with van der Waals surface area (Å²) >= 11 is 0. The molecule has 0 unspecified atom stereocenters. The number of piperazine rings is 1. The maximum absolute atomic E-state index is 12.7. The fourth-order valence-electron chi connectivity index (χ4n) is 4.12. The van der Waals surface area contributed by atoms with Crippen molar-refractivity contribution in [2.24, 2.45) is 0 Å². The second-order valence-electron chi connectivity index (χ2n) is 7.91. The Bertz CT molecular complexity index is 894. The fourth-order valence-corrected chi connectivity index (χ4v) is 4.12. The molecule has 2 saturated heterocycles. The van der Waals surface area contributed by atoms with Crippen molar-refractivity contribution in [1.82, 2.24) is 24.7 Å². The van der Waals surface area contributed by atoms with Crippen molar-refractivity contribution in [1.29, 1.82) is 0 Å². The van der Waals surface area contributed by atoms with E-state index in [1.807, 2.05) is 4.90 Å². The summed E-state index contributed by atoms with van der Waals surface area (Å²) in [4.78, 5) is 63.7. The van der Waals surface area contributed by atoms with Crippen LogP contribution in [0.4, 0.5) is 10.7 Å². The van der Waals surface area contributed by atoms with Crippen molar-refractivity contribution < 1.29 is 19.2 Å². The zero-order valence-electron chi connectivity index (χ0n) is 17.4. The highest BCUT2D eigenvalue weighted by Crippen LogP contribution is 2.22. The molecule has 0 spiro atoms. The van der Waals surface area contributed by atoms with Crippen molar-refractivity contribution in [3.05, 3.63) is 30.1 Å². The van der Waals surface area contributed by atoms with Gasteiger partial charge in [0.15, 0.2) is 0 Å². The molecule has 0 radical (unpaired) electrons. The minimum Gasteiger partial charge on any atom is -0.338 e. The molecule has 1 aromatic rings. The zero-order valence-corrected chi connectivity index (χ0v) is 17.4. The molecule has 2 fully saturated rings. The molecule has 0 atom stereocenters. The van der Waals surface area contributed by atoms with Gasteiger partial charge in [0.1, 0.15) is 6.54 Å². The van der Waals surface area contributed by atoms with Crippen molar-refractivity contribution >= 4 is 29.7 Å². The van der Waals surface area contributed by atoms with Gasteiger partial charge in [-0.2, -0.15) is 0 Å². The number of hydrogen-bond donors (Lipinski definition) is 0. The Labute approximate surface area is 180 Å². The van der Waals surface area contributed by atoms with Crippen molar-refractivity contribution in [3.8, 4) is 0 Å². The third-order valence-corrected chi connectivity index (χ3v) is 5.94. The van der Waals surface area contributed by atoms with Crippen LogP contribution >= 0.6 is 0 Å². The van der Waals surface area contributed by atoms with E-state index in [1.54, 1.807) is 23.4 Å². The lowest BCUT2D eigenvalue weighted by atomic mass is 9.97. The maximum Gasteiger partial charge on any atom is 0.334 e. The quantitative estimate of drug-likeness (QED) is 0.376. The van der Waals surface area contributed by atoms with Gasteiger partial charge in [-0.15, -0.1) is 0 Å². The van der Waals surface area contributed by atoms with Gasteiger partial charge in [-0.05, 0) is 38.2 Å². The smallest absolute Gasteiger partial charge is 0.334 e. The maximum atomic E-state index is 12.7. The van der Waals surface area contributed by atoms with Crippen LogP contribution in [0, 0.1) is 0 Å². The number of carbonyl (C=O) groups is 4. The van der Waals surface area contributed by atoms with Gasteiger partial charge < -0.3 is 9.80 Å². The monoisotopic (exact) mass is 426 g/mol.